The molecule has 0 unspecified atom stereocenters. The van der Waals surface area contributed by atoms with E-state index in [1.54, 1.807) is 18.2 Å². The number of alkyl halides is 2. The average Bonchev–Trinajstić information content (AvgIpc) is 2.40. The fourth-order valence-electron chi connectivity index (χ4n) is 2.41. The fourth-order valence-corrected chi connectivity index (χ4v) is 2.83. The molecule has 2 rings (SSSR count). The molecule has 1 heterocycles. The maximum absolute atomic E-state index is 12.8. The van der Waals surface area contributed by atoms with Gasteiger partial charge < -0.3 is 5.32 Å². The third-order valence-electron chi connectivity index (χ3n) is 3.31. The Morgan fingerprint density at radius 3 is 2.45 bits per heavy atom. The van der Waals surface area contributed by atoms with E-state index in [2.05, 4.69) is 5.32 Å². The Bertz CT molecular complexity index is 426. The molecular weight excluding hydrogens is 329 g/mol. The second-order valence-corrected chi connectivity index (χ2v) is 5.44. The summed E-state index contributed by atoms with van der Waals surface area (Å²) in [5.74, 6) is 0. The number of piperazine rings is 1. The third-order valence-corrected chi connectivity index (χ3v) is 3.89. The zero-order valence-electron chi connectivity index (χ0n) is 10.8. The van der Waals surface area contributed by atoms with E-state index in [0.717, 1.165) is 26.2 Å². The summed E-state index contributed by atoms with van der Waals surface area (Å²) in [5, 5.41) is 4.23. The summed E-state index contributed by atoms with van der Waals surface area (Å²) in [7, 11) is 0. The van der Waals surface area contributed by atoms with Gasteiger partial charge in [-0.2, -0.15) is 0 Å². The summed E-state index contributed by atoms with van der Waals surface area (Å²) >= 11 is 12.1. The first-order valence-corrected chi connectivity index (χ1v) is 7.01. The second kappa shape index (κ2) is 8.35. The molecule has 0 amide bonds. The van der Waals surface area contributed by atoms with Crippen molar-refractivity contribution in [1.29, 1.82) is 0 Å². The quantitative estimate of drug-likeness (QED) is 0.887. The Labute approximate surface area is 133 Å². The molecule has 0 spiro atoms. The molecule has 7 heteroatoms. The molecule has 1 aliphatic heterocycles. The van der Waals surface area contributed by atoms with Gasteiger partial charge in [0, 0.05) is 48.7 Å². The maximum Gasteiger partial charge on any atom is 0.240 e. The highest BCUT2D eigenvalue weighted by atomic mass is 35.5. The van der Waals surface area contributed by atoms with E-state index in [1.807, 2.05) is 4.90 Å². The lowest BCUT2D eigenvalue weighted by Crippen LogP contribution is -2.45. The van der Waals surface area contributed by atoms with Crippen LogP contribution in [0.1, 0.15) is 18.0 Å². The van der Waals surface area contributed by atoms with Crippen LogP contribution in [0.4, 0.5) is 8.78 Å². The third kappa shape index (κ3) is 4.71. The van der Waals surface area contributed by atoms with E-state index in [9.17, 15) is 8.78 Å². The first-order chi connectivity index (χ1) is 9.08. The van der Waals surface area contributed by atoms with Crippen LogP contribution in [0.2, 0.25) is 10.0 Å². The van der Waals surface area contributed by atoms with Gasteiger partial charge in [-0.3, -0.25) is 4.90 Å². The Hall–Kier alpha value is -0.130. The molecule has 1 atom stereocenters. The van der Waals surface area contributed by atoms with Crippen molar-refractivity contribution in [3.05, 3.63) is 33.8 Å². The second-order valence-electron chi connectivity index (χ2n) is 4.59. The van der Waals surface area contributed by atoms with Crippen molar-refractivity contribution in [1.82, 2.24) is 10.2 Å². The first kappa shape index (κ1) is 17.9. The average molecular weight is 346 g/mol. The number of benzene rings is 1. The molecule has 20 heavy (non-hydrogen) atoms. The van der Waals surface area contributed by atoms with E-state index < -0.39 is 6.43 Å². The largest absolute Gasteiger partial charge is 0.314 e. The molecule has 0 aliphatic carbocycles. The molecule has 1 aromatic rings. The van der Waals surface area contributed by atoms with Crippen LogP contribution in [0.3, 0.4) is 0 Å². The van der Waals surface area contributed by atoms with Gasteiger partial charge in [-0.1, -0.05) is 23.2 Å². The molecule has 1 saturated heterocycles. The first-order valence-electron chi connectivity index (χ1n) is 6.26. The zero-order valence-corrected chi connectivity index (χ0v) is 13.1. The number of nitrogens with one attached hydrogen (secondary N) is 1. The summed E-state index contributed by atoms with van der Waals surface area (Å²) in [6.45, 7) is 3.08. The van der Waals surface area contributed by atoms with Gasteiger partial charge in [-0.05, 0) is 23.8 Å². The van der Waals surface area contributed by atoms with Gasteiger partial charge in [-0.15, -0.1) is 12.4 Å². The minimum absolute atomic E-state index is 0. The van der Waals surface area contributed by atoms with Crippen molar-refractivity contribution in [2.45, 2.75) is 18.9 Å². The van der Waals surface area contributed by atoms with Gasteiger partial charge in [0.05, 0.1) is 0 Å². The van der Waals surface area contributed by atoms with Gasteiger partial charge in [0.15, 0.2) is 0 Å². The predicted molar refractivity (Wildman–Crippen MR) is 81.5 cm³/mol. The Morgan fingerprint density at radius 1 is 1.20 bits per heavy atom. The molecule has 1 N–H and O–H groups in total. The highest BCUT2D eigenvalue weighted by Crippen LogP contribution is 2.34. The van der Waals surface area contributed by atoms with Crippen LogP contribution in [0, 0.1) is 0 Å². The van der Waals surface area contributed by atoms with Crippen molar-refractivity contribution in [2.75, 3.05) is 26.2 Å². The lowest BCUT2D eigenvalue weighted by Gasteiger charge is -2.35. The molecule has 0 aromatic heterocycles. The van der Waals surface area contributed by atoms with Gasteiger partial charge in [0.2, 0.25) is 6.43 Å². The normalized spacial score (nSPS) is 17.9. The highest BCUT2D eigenvalue weighted by Gasteiger charge is 2.27. The van der Waals surface area contributed by atoms with Crippen molar-refractivity contribution in [2.24, 2.45) is 0 Å². The van der Waals surface area contributed by atoms with Crippen molar-refractivity contribution in [3.8, 4) is 0 Å². The smallest absolute Gasteiger partial charge is 0.240 e. The molecular formula is C13H17Cl3F2N2. The molecule has 114 valence electrons. The summed E-state index contributed by atoms with van der Waals surface area (Å²) < 4.78 is 25.7. The van der Waals surface area contributed by atoms with Gasteiger partial charge in [-0.25, -0.2) is 8.78 Å². The lowest BCUT2D eigenvalue weighted by atomic mass is 10.0. The minimum atomic E-state index is -2.37. The Kier molecular flexibility index (Phi) is 7.48. The molecule has 2 nitrogen and oxygen atoms in total. The van der Waals surface area contributed by atoms with Crippen LogP contribution in [-0.2, 0) is 0 Å². The standard InChI is InChI=1S/C13H16Cl2F2N2.ClH/c14-9-1-2-11(15)10(7-9)12(8-13(16)17)19-5-3-18-4-6-19;/h1-2,7,12-13,18H,3-6,8H2;1H/t12-;/m1./s1. The number of rotatable bonds is 4. The summed E-state index contributed by atoms with van der Waals surface area (Å²) in [6.07, 6.45) is -2.59. The molecule has 1 aromatic carbocycles. The SMILES string of the molecule is Cl.FC(F)C[C@H](c1cc(Cl)ccc1Cl)N1CCNCC1. The number of nitrogens with zero attached hydrogens (tertiary/aromatic N) is 1. The Morgan fingerprint density at radius 2 is 1.85 bits per heavy atom. The summed E-state index contributed by atoms with van der Waals surface area (Å²) in [6, 6.07) is 4.65. The lowest BCUT2D eigenvalue weighted by molar-refractivity contribution is 0.0739. The molecule has 0 radical (unpaired) electrons. The van der Waals surface area contributed by atoms with Gasteiger partial charge >= 0.3 is 0 Å². The van der Waals surface area contributed by atoms with E-state index in [-0.39, 0.29) is 24.9 Å². The van der Waals surface area contributed by atoms with E-state index in [4.69, 9.17) is 23.2 Å². The maximum atomic E-state index is 12.8. The summed E-state index contributed by atoms with van der Waals surface area (Å²) in [4.78, 5) is 2.04. The Balaban J connectivity index is 0.00000200. The zero-order chi connectivity index (χ0) is 13.8. The number of hydrogen-bond donors (Lipinski definition) is 1. The van der Waals surface area contributed by atoms with Crippen molar-refractivity contribution >= 4 is 35.6 Å². The van der Waals surface area contributed by atoms with Crippen molar-refractivity contribution < 1.29 is 8.78 Å². The van der Waals surface area contributed by atoms with Crippen LogP contribution in [0.15, 0.2) is 18.2 Å². The highest BCUT2D eigenvalue weighted by molar-refractivity contribution is 6.33. The van der Waals surface area contributed by atoms with Crippen LogP contribution < -0.4 is 5.32 Å². The van der Waals surface area contributed by atoms with Crippen LogP contribution in [-0.4, -0.2) is 37.5 Å². The predicted octanol–water partition coefficient (Wildman–Crippen LogP) is 4.02. The van der Waals surface area contributed by atoms with E-state index >= 15 is 0 Å². The van der Waals surface area contributed by atoms with Gasteiger partial charge in [0.1, 0.15) is 0 Å². The molecule has 0 bridgehead atoms. The number of hydrogen-bond acceptors (Lipinski definition) is 2. The van der Waals surface area contributed by atoms with Crippen LogP contribution in [0.25, 0.3) is 0 Å². The monoisotopic (exact) mass is 344 g/mol. The van der Waals surface area contributed by atoms with Crippen LogP contribution >= 0.6 is 35.6 Å². The summed E-state index contributed by atoms with van der Waals surface area (Å²) in [5.41, 5.74) is 0.691. The number of halogens is 5. The fraction of sp³-hybridized carbons (Fsp3) is 0.538. The van der Waals surface area contributed by atoms with Crippen molar-refractivity contribution in [3.63, 3.8) is 0 Å². The molecule has 1 aliphatic rings. The minimum Gasteiger partial charge on any atom is -0.314 e. The molecule has 0 saturated carbocycles. The molecule has 1 fully saturated rings. The van der Waals surface area contributed by atoms with Gasteiger partial charge in [0.25, 0.3) is 0 Å². The van der Waals surface area contributed by atoms with E-state index in [1.165, 1.54) is 0 Å². The van der Waals surface area contributed by atoms with E-state index in [0.29, 0.717) is 15.6 Å². The topological polar surface area (TPSA) is 15.3 Å². The van der Waals surface area contributed by atoms with Crippen LogP contribution in [0.5, 0.6) is 0 Å².